The van der Waals surface area contributed by atoms with E-state index < -0.39 is 10.0 Å². The standard InChI is InChI=1S/C15H24N2O3S/c1-11-7-12(2)15(8-14(11)16)20-10-13-5-4-6-17(9-13)21(3,18)19/h7-8,13H,4-6,9-10,16H2,1-3H3. The number of piperidine rings is 1. The van der Waals surface area contributed by atoms with Gasteiger partial charge in [-0.25, -0.2) is 12.7 Å². The van der Waals surface area contributed by atoms with Crippen molar-refractivity contribution in [3.05, 3.63) is 23.3 Å². The molecule has 118 valence electrons. The van der Waals surface area contributed by atoms with E-state index in [9.17, 15) is 8.42 Å². The van der Waals surface area contributed by atoms with Crippen LogP contribution in [0, 0.1) is 19.8 Å². The third-order valence-electron chi connectivity index (χ3n) is 3.99. The van der Waals surface area contributed by atoms with Gasteiger partial charge >= 0.3 is 0 Å². The van der Waals surface area contributed by atoms with E-state index in [1.807, 2.05) is 26.0 Å². The summed E-state index contributed by atoms with van der Waals surface area (Å²) in [5.74, 6) is 1.02. The number of nitrogens with two attached hydrogens (primary N) is 1. The number of ether oxygens (including phenoxy) is 1. The zero-order chi connectivity index (χ0) is 15.6. The number of rotatable bonds is 4. The quantitative estimate of drug-likeness (QED) is 0.862. The van der Waals surface area contributed by atoms with Crippen LogP contribution in [0.25, 0.3) is 0 Å². The Kier molecular flexibility index (Phi) is 4.78. The van der Waals surface area contributed by atoms with E-state index >= 15 is 0 Å². The molecule has 1 unspecified atom stereocenters. The van der Waals surface area contributed by atoms with Crippen LogP contribution >= 0.6 is 0 Å². The van der Waals surface area contributed by atoms with E-state index in [1.54, 1.807) is 4.31 Å². The molecule has 1 aliphatic heterocycles. The molecule has 0 radical (unpaired) electrons. The number of sulfonamides is 1. The molecule has 21 heavy (non-hydrogen) atoms. The summed E-state index contributed by atoms with van der Waals surface area (Å²) in [7, 11) is -3.10. The summed E-state index contributed by atoms with van der Waals surface area (Å²) in [6.45, 7) is 5.64. The molecule has 1 aromatic carbocycles. The van der Waals surface area contributed by atoms with Crippen LogP contribution in [0.3, 0.4) is 0 Å². The molecule has 5 nitrogen and oxygen atoms in total. The van der Waals surface area contributed by atoms with Gasteiger partial charge in [0.2, 0.25) is 10.0 Å². The van der Waals surface area contributed by atoms with Gasteiger partial charge < -0.3 is 10.5 Å². The van der Waals surface area contributed by atoms with Crippen LogP contribution in [0.2, 0.25) is 0 Å². The van der Waals surface area contributed by atoms with Gasteiger partial charge in [0.15, 0.2) is 0 Å². The van der Waals surface area contributed by atoms with E-state index in [0.717, 1.165) is 35.4 Å². The minimum absolute atomic E-state index is 0.232. The molecule has 6 heteroatoms. The van der Waals surface area contributed by atoms with Crippen molar-refractivity contribution in [3.8, 4) is 5.75 Å². The van der Waals surface area contributed by atoms with Crippen molar-refractivity contribution in [2.45, 2.75) is 26.7 Å². The van der Waals surface area contributed by atoms with Crippen LogP contribution < -0.4 is 10.5 Å². The second-order valence-electron chi connectivity index (χ2n) is 5.91. The van der Waals surface area contributed by atoms with Crippen LogP contribution in [0.1, 0.15) is 24.0 Å². The Labute approximate surface area is 127 Å². The van der Waals surface area contributed by atoms with Crippen molar-refractivity contribution >= 4 is 15.7 Å². The van der Waals surface area contributed by atoms with Gasteiger partial charge in [0.25, 0.3) is 0 Å². The smallest absolute Gasteiger partial charge is 0.211 e. The highest BCUT2D eigenvalue weighted by molar-refractivity contribution is 7.88. The predicted octanol–water partition coefficient (Wildman–Crippen LogP) is 1.94. The molecule has 1 atom stereocenters. The number of nitrogens with zero attached hydrogens (tertiary/aromatic N) is 1. The number of aryl methyl sites for hydroxylation is 2. The van der Waals surface area contributed by atoms with Crippen LogP contribution in [-0.4, -0.2) is 38.7 Å². The maximum absolute atomic E-state index is 11.6. The van der Waals surface area contributed by atoms with Gasteiger partial charge in [0, 0.05) is 30.8 Å². The van der Waals surface area contributed by atoms with Crippen molar-refractivity contribution in [2.75, 3.05) is 31.7 Å². The number of benzene rings is 1. The summed E-state index contributed by atoms with van der Waals surface area (Å²) < 4.78 is 30.6. The fourth-order valence-corrected chi connectivity index (χ4v) is 3.62. The monoisotopic (exact) mass is 312 g/mol. The summed E-state index contributed by atoms with van der Waals surface area (Å²) in [6, 6.07) is 3.86. The topological polar surface area (TPSA) is 72.6 Å². The van der Waals surface area contributed by atoms with E-state index in [2.05, 4.69) is 0 Å². The number of anilines is 1. The lowest BCUT2D eigenvalue weighted by Crippen LogP contribution is -2.40. The molecule has 1 fully saturated rings. The number of nitrogen functional groups attached to an aromatic ring is 1. The summed E-state index contributed by atoms with van der Waals surface area (Å²) in [5, 5.41) is 0. The van der Waals surface area contributed by atoms with Crippen LogP contribution in [0.5, 0.6) is 5.75 Å². The summed E-state index contributed by atoms with van der Waals surface area (Å²) in [4.78, 5) is 0. The van der Waals surface area contributed by atoms with Gasteiger partial charge in [-0.15, -0.1) is 0 Å². The first-order valence-corrected chi connectivity index (χ1v) is 9.07. The molecule has 0 spiro atoms. The number of hydrogen-bond donors (Lipinski definition) is 1. The van der Waals surface area contributed by atoms with Gasteiger partial charge in [-0.05, 0) is 37.8 Å². The highest BCUT2D eigenvalue weighted by Gasteiger charge is 2.26. The molecular weight excluding hydrogens is 288 g/mol. The highest BCUT2D eigenvalue weighted by Crippen LogP contribution is 2.26. The second kappa shape index (κ2) is 6.23. The summed E-state index contributed by atoms with van der Waals surface area (Å²) in [6.07, 6.45) is 3.14. The Hall–Kier alpha value is -1.27. The lowest BCUT2D eigenvalue weighted by Gasteiger charge is -2.30. The largest absolute Gasteiger partial charge is 0.493 e. The average Bonchev–Trinajstić information content (AvgIpc) is 2.41. The molecule has 0 saturated carbocycles. The maximum atomic E-state index is 11.6. The van der Waals surface area contributed by atoms with Crippen LogP contribution in [-0.2, 0) is 10.0 Å². The molecule has 1 aliphatic rings. The van der Waals surface area contributed by atoms with Crippen LogP contribution in [0.15, 0.2) is 12.1 Å². The molecule has 1 saturated heterocycles. The van der Waals surface area contributed by atoms with Crippen molar-refractivity contribution < 1.29 is 13.2 Å². The van der Waals surface area contributed by atoms with Crippen molar-refractivity contribution in [1.29, 1.82) is 0 Å². The minimum atomic E-state index is -3.10. The van der Waals surface area contributed by atoms with E-state index in [-0.39, 0.29) is 5.92 Å². The van der Waals surface area contributed by atoms with E-state index in [4.69, 9.17) is 10.5 Å². The molecular formula is C15H24N2O3S. The zero-order valence-corrected chi connectivity index (χ0v) is 13.7. The fourth-order valence-electron chi connectivity index (χ4n) is 2.68. The first kappa shape index (κ1) is 16.1. The van der Waals surface area contributed by atoms with Gasteiger partial charge in [-0.3, -0.25) is 0 Å². The van der Waals surface area contributed by atoms with Crippen molar-refractivity contribution in [1.82, 2.24) is 4.31 Å². The molecule has 1 heterocycles. The lowest BCUT2D eigenvalue weighted by atomic mass is 10.0. The normalized spacial score (nSPS) is 20.4. The summed E-state index contributed by atoms with van der Waals surface area (Å²) in [5.41, 5.74) is 8.72. The van der Waals surface area contributed by atoms with E-state index in [1.165, 1.54) is 6.26 Å². The Balaban J connectivity index is 1.98. The second-order valence-corrected chi connectivity index (χ2v) is 7.90. The molecule has 0 aliphatic carbocycles. The average molecular weight is 312 g/mol. The lowest BCUT2D eigenvalue weighted by molar-refractivity contribution is 0.180. The van der Waals surface area contributed by atoms with Gasteiger partial charge in [-0.2, -0.15) is 0 Å². The Morgan fingerprint density at radius 1 is 1.33 bits per heavy atom. The summed E-state index contributed by atoms with van der Waals surface area (Å²) >= 11 is 0. The molecule has 0 bridgehead atoms. The maximum Gasteiger partial charge on any atom is 0.211 e. The van der Waals surface area contributed by atoms with E-state index in [0.29, 0.717) is 19.7 Å². The zero-order valence-electron chi connectivity index (χ0n) is 12.9. The van der Waals surface area contributed by atoms with Crippen LogP contribution in [0.4, 0.5) is 5.69 Å². The third-order valence-corrected chi connectivity index (χ3v) is 5.26. The number of hydrogen-bond acceptors (Lipinski definition) is 4. The van der Waals surface area contributed by atoms with Gasteiger partial charge in [-0.1, -0.05) is 6.07 Å². The van der Waals surface area contributed by atoms with Crippen molar-refractivity contribution in [2.24, 2.45) is 5.92 Å². The Morgan fingerprint density at radius 3 is 2.71 bits per heavy atom. The van der Waals surface area contributed by atoms with Gasteiger partial charge in [0.1, 0.15) is 5.75 Å². The molecule has 0 amide bonds. The minimum Gasteiger partial charge on any atom is -0.493 e. The SMILES string of the molecule is Cc1cc(C)c(OCC2CCCN(S(C)(=O)=O)C2)cc1N. The Morgan fingerprint density at radius 2 is 2.05 bits per heavy atom. The fraction of sp³-hybridized carbons (Fsp3) is 0.600. The first-order valence-electron chi connectivity index (χ1n) is 7.22. The molecule has 1 aromatic rings. The first-order chi connectivity index (χ1) is 9.77. The van der Waals surface area contributed by atoms with Gasteiger partial charge in [0.05, 0.1) is 12.9 Å². The Bertz CT molecular complexity index is 614. The van der Waals surface area contributed by atoms with Crippen molar-refractivity contribution in [3.63, 3.8) is 0 Å². The predicted molar refractivity (Wildman–Crippen MR) is 85.0 cm³/mol. The third kappa shape index (κ3) is 4.11. The molecule has 2 rings (SSSR count). The highest BCUT2D eigenvalue weighted by atomic mass is 32.2. The molecule has 2 N–H and O–H groups in total. The molecule has 0 aromatic heterocycles.